The van der Waals surface area contributed by atoms with E-state index in [0.29, 0.717) is 5.92 Å². The van der Waals surface area contributed by atoms with E-state index in [1.54, 1.807) is 0 Å². The van der Waals surface area contributed by atoms with E-state index in [9.17, 15) is 0 Å². The molecule has 0 aromatic carbocycles. The molecule has 0 radical (unpaired) electrons. The Kier molecular flexibility index (Phi) is 4.49. The first-order valence-electron chi connectivity index (χ1n) is 10.1. The SMILES string of the molecule is c1ccc(CN2CCCC(c3nc4ccc(N5CCCC5)cn4n3)C2)nc1. The number of anilines is 1. The van der Waals surface area contributed by atoms with Crippen molar-refractivity contribution in [3.05, 3.63) is 54.2 Å². The third-order valence-electron chi connectivity index (χ3n) is 5.79. The number of fused-ring (bicyclic) bond motifs is 1. The molecule has 1 atom stereocenters. The van der Waals surface area contributed by atoms with Crippen molar-refractivity contribution in [1.82, 2.24) is 24.5 Å². The van der Waals surface area contributed by atoms with Crippen LogP contribution in [0.1, 0.15) is 43.1 Å². The molecule has 0 amide bonds. The van der Waals surface area contributed by atoms with Gasteiger partial charge < -0.3 is 4.90 Å². The zero-order chi connectivity index (χ0) is 18.1. The lowest BCUT2D eigenvalue weighted by Crippen LogP contribution is -2.34. The number of rotatable bonds is 4. The van der Waals surface area contributed by atoms with Crippen LogP contribution < -0.4 is 4.90 Å². The number of piperidine rings is 1. The predicted molar refractivity (Wildman–Crippen MR) is 106 cm³/mol. The lowest BCUT2D eigenvalue weighted by molar-refractivity contribution is 0.194. The fourth-order valence-electron chi connectivity index (χ4n) is 4.36. The zero-order valence-corrected chi connectivity index (χ0v) is 15.7. The molecule has 3 aromatic heterocycles. The largest absolute Gasteiger partial charge is 0.370 e. The Morgan fingerprint density at radius 2 is 1.93 bits per heavy atom. The van der Waals surface area contributed by atoms with E-state index < -0.39 is 0 Å². The maximum absolute atomic E-state index is 4.85. The van der Waals surface area contributed by atoms with Crippen molar-refractivity contribution in [1.29, 1.82) is 0 Å². The highest BCUT2D eigenvalue weighted by molar-refractivity contribution is 5.51. The van der Waals surface area contributed by atoms with Gasteiger partial charge in [0.05, 0.1) is 17.6 Å². The Labute approximate surface area is 159 Å². The summed E-state index contributed by atoms with van der Waals surface area (Å²) in [5.74, 6) is 1.39. The molecule has 140 valence electrons. The predicted octanol–water partition coefficient (Wildman–Crippen LogP) is 3.10. The Balaban J connectivity index is 1.33. The minimum Gasteiger partial charge on any atom is -0.370 e. The van der Waals surface area contributed by atoms with Crippen LogP contribution in [0.25, 0.3) is 5.65 Å². The van der Waals surface area contributed by atoms with Gasteiger partial charge in [-0.15, -0.1) is 0 Å². The minimum atomic E-state index is 0.401. The van der Waals surface area contributed by atoms with Crippen LogP contribution in [-0.2, 0) is 6.54 Å². The van der Waals surface area contributed by atoms with Gasteiger partial charge in [0, 0.05) is 38.3 Å². The number of aromatic nitrogens is 4. The number of hydrogen-bond acceptors (Lipinski definition) is 5. The van der Waals surface area contributed by atoms with Crippen LogP contribution in [0.15, 0.2) is 42.7 Å². The van der Waals surface area contributed by atoms with E-state index in [-0.39, 0.29) is 0 Å². The topological polar surface area (TPSA) is 49.6 Å². The van der Waals surface area contributed by atoms with Crippen LogP contribution in [-0.4, -0.2) is 50.7 Å². The summed E-state index contributed by atoms with van der Waals surface area (Å²) in [7, 11) is 0. The Morgan fingerprint density at radius 3 is 2.78 bits per heavy atom. The normalized spacial score (nSPS) is 21.2. The molecule has 2 aliphatic rings. The highest BCUT2D eigenvalue weighted by Crippen LogP contribution is 2.27. The molecule has 6 heteroatoms. The van der Waals surface area contributed by atoms with Gasteiger partial charge in [0.2, 0.25) is 0 Å². The molecule has 0 saturated carbocycles. The maximum atomic E-state index is 4.85. The van der Waals surface area contributed by atoms with Crippen LogP contribution in [0.3, 0.4) is 0 Å². The van der Waals surface area contributed by atoms with Gasteiger partial charge in [-0.3, -0.25) is 9.88 Å². The summed E-state index contributed by atoms with van der Waals surface area (Å²) in [5.41, 5.74) is 3.35. The van der Waals surface area contributed by atoms with Gasteiger partial charge in [0.15, 0.2) is 11.5 Å². The molecule has 5 heterocycles. The lowest BCUT2D eigenvalue weighted by Gasteiger charge is -2.31. The van der Waals surface area contributed by atoms with Gasteiger partial charge in [-0.05, 0) is 56.5 Å². The third-order valence-corrected chi connectivity index (χ3v) is 5.79. The van der Waals surface area contributed by atoms with E-state index in [1.165, 1.54) is 24.9 Å². The van der Waals surface area contributed by atoms with Gasteiger partial charge in [-0.1, -0.05) is 6.07 Å². The lowest BCUT2D eigenvalue weighted by atomic mass is 9.97. The molecule has 2 aliphatic heterocycles. The monoisotopic (exact) mass is 362 g/mol. The molecule has 3 aromatic rings. The van der Waals surface area contributed by atoms with Crippen molar-refractivity contribution in [2.24, 2.45) is 0 Å². The van der Waals surface area contributed by atoms with Crippen LogP contribution in [0.2, 0.25) is 0 Å². The average molecular weight is 362 g/mol. The van der Waals surface area contributed by atoms with E-state index in [0.717, 1.165) is 56.3 Å². The molecule has 0 N–H and O–H groups in total. The van der Waals surface area contributed by atoms with Gasteiger partial charge in [-0.25, -0.2) is 9.50 Å². The summed E-state index contributed by atoms with van der Waals surface area (Å²) in [5, 5.41) is 4.85. The standard InChI is InChI=1S/C21H26N6/c1-2-10-22-18(7-1)15-25-11-5-6-17(14-25)21-23-20-9-8-19(16-27(20)24-21)26-12-3-4-13-26/h1-2,7-10,16-17H,3-6,11-15H2. The van der Waals surface area contributed by atoms with Gasteiger partial charge >= 0.3 is 0 Å². The molecule has 6 nitrogen and oxygen atoms in total. The van der Waals surface area contributed by atoms with Crippen molar-refractivity contribution in [2.45, 2.75) is 38.1 Å². The van der Waals surface area contributed by atoms with E-state index in [1.807, 2.05) is 16.8 Å². The molecule has 5 rings (SSSR count). The average Bonchev–Trinajstić information content (AvgIpc) is 3.38. The summed E-state index contributed by atoms with van der Waals surface area (Å²) in [6, 6.07) is 10.4. The molecule has 27 heavy (non-hydrogen) atoms. The minimum absolute atomic E-state index is 0.401. The first kappa shape index (κ1) is 16.7. The fraction of sp³-hybridized carbons (Fsp3) is 0.476. The molecular weight excluding hydrogens is 336 g/mol. The van der Waals surface area contributed by atoms with E-state index >= 15 is 0 Å². The molecule has 0 aliphatic carbocycles. The Bertz CT molecular complexity index is 899. The van der Waals surface area contributed by atoms with Crippen LogP contribution in [0.4, 0.5) is 5.69 Å². The summed E-state index contributed by atoms with van der Waals surface area (Å²) in [6.07, 6.45) is 8.94. The second-order valence-corrected chi connectivity index (χ2v) is 7.75. The van der Waals surface area contributed by atoms with Gasteiger partial charge in [0.25, 0.3) is 0 Å². The third kappa shape index (κ3) is 3.54. The molecule has 1 unspecified atom stereocenters. The first-order chi connectivity index (χ1) is 13.3. The van der Waals surface area contributed by atoms with Crippen molar-refractivity contribution in [3.8, 4) is 0 Å². The van der Waals surface area contributed by atoms with Gasteiger partial charge in [0.1, 0.15) is 0 Å². The molecular formula is C21H26N6. The number of pyridine rings is 2. The highest BCUT2D eigenvalue weighted by atomic mass is 15.3. The highest BCUT2D eigenvalue weighted by Gasteiger charge is 2.25. The van der Waals surface area contributed by atoms with Crippen molar-refractivity contribution in [2.75, 3.05) is 31.1 Å². The van der Waals surface area contributed by atoms with Crippen molar-refractivity contribution in [3.63, 3.8) is 0 Å². The fourth-order valence-corrected chi connectivity index (χ4v) is 4.36. The quantitative estimate of drug-likeness (QED) is 0.714. The van der Waals surface area contributed by atoms with E-state index in [2.05, 4.69) is 45.2 Å². The second kappa shape index (κ2) is 7.27. The number of likely N-dealkylation sites (tertiary alicyclic amines) is 1. The summed E-state index contributed by atoms with van der Waals surface area (Å²) < 4.78 is 1.97. The summed E-state index contributed by atoms with van der Waals surface area (Å²) >= 11 is 0. The maximum Gasteiger partial charge on any atom is 0.156 e. The smallest absolute Gasteiger partial charge is 0.156 e. The number of hydrogen-bond donors (Lipinski definition) is 0. The molecule has 2 saturated heterocycles. The molecule has 2 fully saturated rings. The van der Waals surface area contributed by atoms with Crippen molar-refractivity contribution >= 4 is 11.3 Å². The summed E-state index contributed by atoms with van der Waals surface area (Å²) in [4.78, 5) is 14.2. The summed E-state index contributed by atoms with van der Waals surface area (Å²) in [6.45, 7) is 5.34. The van der Waals surface area contributed by atoms with Crippen LogP contribution in [0, 0.1) is 0 Å². The van der Waals surface area contributed by atoms with Gasteiger partial charge in [-0.2, -0.15) is 5.10 Å². The first-order valence-corrected chi connectivity index (χ1v) is 10.1. The Morgan fingerprint density at radius 1 is 1.00 bits per heavy atom. The van der Waals surface area contributed by atoms with E-state index in [4.69, 9.17) is 10.1 Å². The van der Waals surface area contributed by atoms with Crippen molar-refractivity contribution < 1.29 is 0 Å². The second-order valence-electron chi connectivity index (χ2n) is 7.75. The van der Waals surface area contributed by atoms with Crippen LogP contribution in [0.5, 0.6) is 0 Å². The Hall–Kier alpha value is -2.47. The molecule has 0 spiro atoms. The number of nitrogens with zero attached hydrogens (tertiary/aromatic N) is 6. The van der Waals surface area contributed by atoms with Crippen LogP contribution >= 0.6 is 0 Å². The molecule has 0 bridgehead atoms. The zero-order valence-electron chi connectivity index (χ0n) is 15.7.